The Morgan fingerprint density at radius 2 is 1.87 bits per heavy atom. The van der Waals surface area contributed by atoms with Gasteiger partial charge in [0.1, 0.15) is 0 Å². The van der Waals surface area contributed by atoms with Gasteiger partial charge in [-0.1, -0.05) is 50.3 Å². The van der Waals surface area contributed by atoms with Gasteiger partial charge in [0.25, 0.3) is 0 Å². The summed E-state index contributed by atoms with van der Waals surface area (Å²) in [5.74, 6) is 0.633. The van der Waals surface area contributed by atoms with Gasteiger partial charge in [0, 0.05) is 11.3 Å². The van der Waals surface area contributed by atoms with Crippen molar-refractivity contribution in [1.82, 2.24) is 0 Å². The molecule has 1 atom stereocenters. The molecule has 1 nitrogen and oxygen atoms in total. The molecule has 2 rings (SSSR count). The third-order valence-electron chi connectivity index (χ3n) is 3.10. The van der Waals surface area contributed by atoms with E-state index in [4.69, 9.17) is 0 Å². The van der Waals surface area contributed by atoms with Gasteiger partial charge in [-0.3, -0.25) is 4.79 Å². The molecule has 1 unspecified atom stereocenters. The smallest absolute Gasteiger partial charge is 0.161 e. The van der Waals surface area contributed by atoms with E-state index in [9.17, 15) is 4.79 Å². The summed E-state index contributed by atoms with van der Waals surface area (Å²) in [6.45, 7) is 4.05. The topological polar surface area (TPSA) is 17.1 Å². The van der Waals surface area contributed by atoms with E-state index in [2.05, 4.69) is 12.1 Å². The second-order valence-corrected chi connectivity index (χ2v) is 4.83. The summed E-state index contributed by atoms with van der Waals surface area (Å²) in [5, 5.41) is 0. The molecule has 0 radical (unpaired) electrons. The first-order valence-corrected chi connectivity index (χ1v) is 5.37. The van der Waals surface area contributed by atoms with Crippen LogP contribution in [0.4, 0.5) is 0 Å². The van der Waals surface area contributed by atoms with Crippen LogP contribution >= 0.6 is 0 Å². The molecule has 0 amide bonds. The van der Waals surface area contributed by atoms with E-state index < -0.39 is 0 Å². The molecule has 1 aliphatic carbocycles. The number of ketones is 1. The lowest BCUT2D eigenvalue weighted by molar-refractivity contribution is -0.123. The second-order valence-electron chi connectivity index (χ2n) is 4.83. The Bertz CT molecular complexity index is 387. The van der Waals surface area contributed by atoms with E-state index in [0.29, 0.717) is 5.92 Å². The van der Waals surface area contributed by atoms with E-state index in [1.54, 1.807) is 6.08 Å². The maximum atomic E-state index is 11.6. The molecule has 78 valence electrons. The fraction of sp³-hybridized carbons (Fsp3) is 0.357. The predicted octanol–water partition coefficient (Wildman–Crippen LogP) is 3.33. The first-order chi connectivity index (χ1) is 7.09. The Kier molecular flexibility index (Phi) is 2.47. The molecule has 0 spiro atoms. The molecule has 0 fully saturated rings. The maximum Gasteiger partial charge on any atom is 0.161 e. The van der Waals surface area contributed by atoms with Gasteiger partial charge in [-0.25, -0.2) is 0 Å². The van der Waals surface area contributed by atoms with Crippen molar-refractivity contribution in [3.05, 3.63) is 48.0 Å². The van der Waals surface area contributed by atoms with Crippen molar-refractivity contribution in [1.29, 1.82) is 0 Å². The van der Waals surface area contributed by atoms with E-state index in [1.807, 2.05) is 38.1 Å². The van der Waals surface area contributed by atoms with E-state index >= 15 is 0 Å². The second kappa shape index (κ2) is 3.65. The third-order valence-corrected chi connectivity index (χ3v) is 3.10. The van der Waals surface area contributed by atoms with Crippen LogP contribution in [0.5, 0.6) is 0 Å². The molecule has 0 bridgehead atoms. The normalized spacial score (nSPS) is 24.1. The zero-order valence-electron chi connectivity index (χ0n) is 9.23. The first-order valence-electron chi connectivity index (χ1n) is 5.37. The molecule has 1 aromatic carbocycles. The largest absolute Gasteiger partial charge is 0.294 e. The number of hydrogen-bond donors (Lipinski definition) is 0. The Labute approximate surface area is 90.8 Å². The highest BCUT2D eigenvalue weighted by molar-refractivity contribution is 5.95. The standard InChI is InChI=1S/C14H16O/c1-14(2)10-12(8-9-13(14)15)11-6-4-3-5-7-11/h3-9,12H,10H2,1-2H3. The minimum atomic E-state index is -0.213. The van der Waals surface area contributed by atoms with E-state index in [-0.39, 0.29) is 11.2 Å². The zero-order valence-corrected chi connectivity index (χ0v) is 9.23. The van der Waals surface area contributed by atoms with Crippen LogP contribution in [-0.4, -0.2) is 5.78 Å². The average molecular weight is 200 g/mol. The number of carbonyl (C=O) groups is 1. The predicted molar refractivity (Wildman–Crippen MR) is 61.7 cm³/mol. The minimum Gasteiger partial charge on any atom is -0.294 e. The van der Waals surface area contributed by atoms with Crippen LogP contribution in [-0.2, 0) is 4.79 Å². The summed E-state index contributed by atoms with van der Waals surface area (Å²) in [5.41, 5.74) is 1.09. The first kappa shape index (κ1) is 10.2. The van der Waals surface area contributed by atoms with Crippen molar-refractivity contribution in [3.63, 3.8) is 0 Å². The van der Waals surface area contributed by atoms with Gasteiger partial charge in [-0.05, 0) is 18.1 Å². The van der Waals surface area contributed by atoms with Crippen molar-refractivity contribution in [2.45, 2.75) is 26.2 Å². The minimum absolute atomic E-state index is 0.213. The van der Waals surface area contributed by atoms with Gasteiger partial charge < -0.3 is 0 Å². The van der Waals surface area contributed by atoms with Crippen molar-refractivity contribution in [2.24, 2.45) is 5.41 Å². The van der Waals surface area contributed by atoms with E-state index in [0.717, 1.165) is 6.42 Å². The number of benzene rings is 1. The Balaban J connectivity index is 2.28. The van der Waals surface area contributed by atoms with Gasteiger partial charge >= 0.3 is 0 Å². The molecule has 0 N–H and O–H groups in total. The van der Waals surface area contributed by atoms with Crippen LogP contribution in [0.1, 0.15) is 31.7 Å². The Hall–Kier alpha value is -1.37. The number of carbonyl (C=O) groups excluding carboxylic acids is 1. The lowest BCUT2D eigenvalue weighted by Gasteiger charge is -2.29. The summed E-state index contributed by atoms with van der Waals surface area (Å²) < 4.78 is 0. The van der Waals surface area contributed by atoms with Crippen LogP contribution in [0, 0.1) is 5.41 Å². The van der Waals surface area contributed by atoms with Crippen LogP contribution in [0.25, 0.3) is 0 Å². The van der Waals surface area contributed by atoms with Crippen molar-refractivity contribution in [3.8, 4) is 0 Å². The average Bonchev–Trinajstić information content (AvgIpc) is 2.23. The molecule has 1 heteroatoms. The zero-order chi connectivity index (χ0) is 10.9. The molecule has 0 heterocycles. The summed E-state index contributed by atoms with van der Waals surface area (Å²) >= 11 is 0. The fourth-order valence-electron chi connectivity index (χ4n) is 2.08. The quantitative estimate of drug-likeness (QED) is 0.679. The fourth-order valence-corrected chi connectivity index (χ4v) is 2.08. The van der Waals surface area contributed by atoms with Crippen molar-refractivity contribution < 1.29 is 4.79 Å². The lowest BCUT2D eigenvalue weighted by Crippen LogP contribution is -2.27. The molecule has 0 aliphatic heterocycles. The van der Waals surface area contributed by atoms with Crippen molar-refractivity contribution >= 4 is 5.78 Å². The molecule has 0 saturated heterocycles. The van der Waals surface area contributed by atoms with Crippen LogP contribution in [0.2, 0.25) is 0 Å². The van der Waals surface area contributed by atoms with Gasteiger partial charge in [0.2, 0.25) is 0 Å². The monoisotopic (exact) mass is 200 g/mol. The molecular formula is C14H16O. The summed E-state index contributed by atoms with van der Waals surface area (Å²) in [7, 11) is 0. The van der Waals surface area contributed by atoms with E-state index in [1.165, 1.54) is 5.56 Å². The summed E-state index contributed by atoms with van der Waals surface area (Å²) in [6.07, 6.45) is 4.68. The highest BCUT2D eigenvalue weighted by Gasteiger charge is 2.32. The Morgan fingerprint density at radius 3 is 2.47 bits per heavy atom. The number of hydrogen-bond acceptors (Lipinski definition) is 1. The molecule has 1 aromatic rings. The highest BCUT2D eigenvalue weighted by Crippen LogP contribution is 2.37. The van der Waals surface area contributed by atoms with Crippen LogP contribution in [0.15, 0.2) is 42.5 Å². The highest BCUT2D eigenvalue weighted by atomic mass is 16.1. The van der Waals surface area contributed by atoms with Gasteiger partial charge in [0.15, 0.2) is 5.78 Å². The SMILES string of the molecule is CC1(C)CC(c2ccccc2)C=CC1=O. The molecule has 0 saturated carbocycles. The molecular weight excluding hydrogens is 184 g/mol. The lowest BCUT2D eigenvalue weighted by atomic mass is 9.73. The van der Waals surface area contributed by atoms with Crippen molar-refractivity contribution in [2.75, 3.05) is 0 Å². The number of rotatable bonds is 1. The maximum absolute atomic E-state index is 11.6. The third kappa shape index (κ3) is 2.01. The molecule has 15 heavy (non-hydrogen) atoms. The van der Waals surface area contributed by atoms with Crippen LogP contribution < -0.4 is 0 Å². The molecule has 0 aromatic heterocycles. The van der Waals surface area contributed by atoms with Crippen LogP contribution in [0.3, 0.4) is 0 Å². The summed E-state index contributed by atoms with van der Waals surface area (Å²) in [4.78, 5) is 11.6. The number of allylic oxidation sites excluding steroid dienone is 2. The molecule has 1 aliphatic rings. The summed E-state index contributed by atoms with van der Waals surface area (Å²) in [6, 6.07) is 10.4. The van der Waals surface area contributed by atoms with Gasteiger partial charge in [0.05, 0.1) is 0 Å². The van der Waals surface area contributed by atoms with Gasteiger partial charge in [-0.2, -0.15) is 0 Å². The van der Waals surface area contributed by atoms with Gasteiger partial charge in [-0.15, -0.1) is 0 Å². The Morgan fingerprint density at radius 1 is 1.20 bits per heavy atom.